The molecule has 0 bridgehead atoms. The Kier molecular flexibility index (Phi) is 3.38. The van der Waals surface area contributed by atoms with E-state index in [1.54, 1.807) is 17.9 Å². The summed E-state index contributed by atoms with van der Waals surface area (Å²) in [5.74, 6) is 0.831. The molecule has 3 unspecified atom stereocenters. The third kappa shape index (κ3) is 2.24. The summed E-state index contributed by atoms with van der Waals surface area (Å²) >= 11 is 1.48. The van der Waals surface area contributed by atoms with Crippen LogP contribution in [-0.2, 0) is 12.1 Å². The number of fused-ring (bicyclic) bond motifs is 2. The Morgan fingerprint density at radius 2 is 2.13 bits per heavy atom. The Balaban J connectivity index is 1.92. The molecule has 23 heavy (non-hydrogen) atoms. The number of hydrogen-bond acceptors (Lipinski definition) is 5. The summed E-state index contributed by atoms with van der Waals surface area (Å²) in [6, 6.07) is 9.33. The molecule has 3 atom stereocenters. The molecule has 1 aliphatic rings. The molecule has 0 saturated carbocycles. The first-order chi connectivity index (χ1) is 11.0. The first-order valence-electron chi connectivity index (χ1n) is 7.25. The topological polar surface area (TPSA) is 49.3 Å². The van der Waals surface area contributed by atoms with Crippen LogP contribution >= 0.6 is 20.6 Å². The molecule has 0 amide bonds. The van der Waals surface area contributed by atoms with Crippen molar-refractivity contribution in [1.82, 2.24) is 9.97 Å². The van der Waals surface area contributed by atoms with Crippen LogP contribution in [0.3, 0.4) is 0 Å². The Bertz CT molecular complexity index is 896. The summed E-state index contributed by atoms with van der Waals surface area (Å²) in [6.07, 6.45) is -0.804. The summed E-state index contributed by atoms with van der Waals surface area (Å²) in [6.45, 7) is 2.04. The van der Waals surface area contributed by atoms with E-state index in [1.165, 1.54) is 11.3 Å². The molecular formula is C16H15FN3OPS. The van der Waals surface area contributed by atoms with E-state index in [0.717, 1.165) is 15.8 Å². The number of halogens is 1. The second-order valence-electron chi connectivity index (χ2n) is 5.63. The molecule has 4 rings (SSSR count). The van der Waals surface area contributed by atoms with E-state index in [0.29, 0.717) is 23.8 Å². The van der Waals surface area contributed by atoms with Crippen molar-refractivity contribution in [3.63, 3.8) is 0 Å². The lowest BCUT2D eigenvalue weighted by atomic mass is 10.1. The number of anilines is 1. The van der Waals surface area contributed by atoms with Gasteiger partial charge in [-0.2, -0.15) is 0 Å². The van der Waals surface area contributed by atoms with Gasteiger partial charge in [-0.1, -0.05) is 33.5 Å². The van der Waals surface area contributed by atoms with Crippen LogP contribution in [0.5, 0.6) is 0 Å². The van der Waals surface area contributed by atoms with Crippen LogP contribution in [0.1, 0.15) is 30.0 Å². The maximum Gasteiger partial charge on any atom is 0.222 e. The van der Waals surface area contributed by atoms with E-state index in [1.807, 2.05) is 29.6 Å². The van der Waals surface area contributed by atoms with Gasteiger partial charge in [0.2, 0.25) is 5.53 Å². The Morgan fingerprint density at radius 3 is 2.87 bits per heavy atom. The quantitative estimate of drug-likeness (QED) is 0.567. The van der Waals surface area contributed by atoms with Crippen LogP contribution in [0, 0.1) is 0 Å². The monoisotopic (exact) mass is 347 g/mol. The second-order valence-corrected chi connectivity index (χ2v) is 7.31. The predicted octanol–water partition coefficient (Wildman–Crippen LogP) is 3.72. The standard InChI is InChI=1S/C16H15FN3OPS/c1-9(21)14-18-12-6-7-23-13(12)15(19-14)20-8-10-4-2-3-5-11(10)16(20,17)22/h2-7,9,21H,8,22H2,1H3. The summed E-state index contributed by atoms with van der Waals surface area (Å²) in [5.41, 5.74) is 0.573. The zero-order chi connectivity index (χ0) is 16.2. The number of hydrogen-bond donors (Lipinski definition) is 1. The minimum atomic E-state index is -1.72. The van der Waals surface area contributed by atoms with Gasteiger partial charge >= 0.3 is 0 Å². The van der Waals surface area contributed by atoms with Gasteiger partial charge < -0.3 is 10.0 Å². The molecule has 7 heteroatoms. The molecule has 3 aromatic rings. The summed E-state index contributed by atoms with van der Waals surface area (Å²) in [4.78, 5) is 10.4. The van der Waals surface area contributed by atoms with Gasteiger partial charge in [0.25, 0.3) is 0 Å². The molecule has 1 aliphatic heterocycles. The Morgan fingerprint density at radius 1 is 1.35 bits per heavy atom. The molecule has 0 radical (unpaired) electrons. The van der Waals surface area contributed by atoms with Crippen molar-refractivity contribution in [3.8, 4) is 0 Å². The molecular weight excluding hydrogens is 332 g/mol. The molecule has 1 N–H and O–H groups in total. The summed E-state index contributed by atoms with van der Waals surface area (Å²) in [7, 11) is 2.30. The highest BCUT2D eigenvalue weighted by Crippen LogP contribution is 2.49. The first-order valence-corrected chi connectivity index (χ1v) is 8.71. The molecule has 2 aromatic heterocycles. The van der Waals surface area contributed by atoms with Crippen LogP contribution in [0.15, 0.2) is 35.7 Å². The van der Waals surface area contributed by atoms with Crippen molar-refractivity contribution in [2.45, 2.75) is 25.1 Å². The van der Waals surface area contributed by atoms with Crippen molar-refractivity contribution >= 4 is 36.6 Å². The number of nitrogens with zero attached hydrogens (tertiary/aromatic N) is 3. The number of aliphatic hydroxyl groups excluding tert-OH is 1. The zero-order valence-electron chi connectivity index (χ0n) is 12.4. The molecule has 1 aromatic carbocycles. The maximum atomic E-state index is 15.5. The van der Waals surface area contributed by atoms with Crippen LogP contribution in [0.2, 0.25) is 0 Å². The van der Waals surface area contributed by atoms with Crippen molar-refractivity contribution in [1.29, 1.82) is 0 Å². The second kappa shape index (κ2) is 5.20. The van der Waals surface area contributed by atoms with Crippen LogP contribution < -0.4 is 4.90 Å². The maximum absolute atomic E-state index is 15.5. The van der Waals surface area contributed by atoms with Crippen molar-refractivity contribution in [3.05, 3.63) is 52.7 Å². The Hall–Kier alpha value is -1.62. The lowest BCUT2D eigenvalue weighted by molar-refractivity contribution is 0.189. The van der Waals surface area contributed by atoms with E-state index < -0.39 is 11.6 Å². The highest BCUT2D eigenvalue weighted by molar-refractivity contribution is 7.19. The fourth-order valence-electron chi connectivity index (χ4n) is 2.90. The number of thiophene rings is 1. The van der Waals surface area contributed by atoms with Gasteiger partial charge in [0.15, 0.2) is 11.6 Å². The van der Waals surface area contributed by atoms with Crippen LogP contribution in [0.4, 0.5) is 10.2 Å². The van der Waals surface area contributed by atoms with Crippen molar-refractivity contribution in [2.75, 3.05) is 4.90 Å². The van der Waals surface area contributed by atoms with E-state index >= 15 is 4.39 Å². The fourth-order valence-corrected chi connectivity index (χ4v) is 4.22. The zero-order valence-corrected chi connectivity index (χ0v) is 14.4. The van der Waals surface area contributed by atoms with Crippen LogP contribution in [-0.4, -0.2) is 15.1 Å². The first kappa shape index (κ1) is 14.9. The van der Waals surface area contributed by atoms with Gasteiger partial charge in [0.05, 0.1) is 10.2 Å². The summed E-state index contributed by atoms with van der Waals surface area (Å²) < 4.78 is 16.3. The van der Waals surface area contributed by atoms with E-state index in [9.17, 15) is 5.11 Å². The van der Waals surface area contributed by atoms with Gasteiger partial charge in [-0.25, -0.2) is 14.4 Å². The fraction of sp³-hybridized carbons (Fsp3) is 0.250. The van der Waals surface area contributed by atoms with Gasteiger partial charge in [0, 0.05) is 12.1 Å². The molecule has 0 aliphatic carbocycles. The lowest BCUT2D eigenvalue weighted by Crippen LogP contribution is -2.32. The van der Waals surface area contributed by atoms with E-state index in [4.69, 9.17) is 0 Å². The molecule has 0 saturated heterocycles. The minimum Gasteiger partial charge on any atom is -0.385 e. The molecule has 118 valence electrons. The lowest BCUT2D eigenvalue weighted by Gasteiger charge is -2.29. The van der Waals surface area contributed by atoms with Gasteiger partial charge in [-0.05, 0) is 23.9 Å². The highest BCUT2D eigenvalue weighted by atomic mass is 32.1. The average molecular weight is 347 g/mol. The predicted molar refractivity (Wildman–Crippen MR) is 93.2 cm³/mol. The van der Waals surface area contributed by atoms with Gasteiger partial charge in [-0.3, -0.25) is 0 Å². The summed E-state index contributed by atoms with van der Waals surface area (Å²) in [5, 5.41) is 11.8. The molecule has 4 nitrogen and oxygen atoms in total. The van der Waals surface area contributed by atoms with E-state index in [2.05, 4.69) is 19.2 Å². The third-order valence-electron chi connectivity index (χ3n) is 4.05. The van der Waals surface area contributed by atoms with Crippen molar-refractivity contribution in [2.24, 2.45) is 0 Å². The normalized spacial score (nSPS) is 21.7. The van der Waals surface area contributed by atoms with E-state index in [-0.39, 0.29) is 0 Å². The minimum absolute atomic E-state index is 0.308. The average Bonchev–Trinajstić information content (AvgIpc) is 3.09. The SMILES string of the molecule is CC(O)c1nc(N2Cc3ccccc3C2(F)P)c2sccc2n1. The van der Waals surface area contributed by atoms with Gasteiger partial charge in [-0.15, -0.1) is 11.3 Å². The highest BCUT2D eigenvalue weighted by Gasteiger charge is 2.43. The third-order valence-corrected chi connectivity index (χ3v) is 5.57. The number of benzene rings is 1. The molecule has 0 fully saturated rings. The van der Waals surface area contributed by atoms with Crippen molar-refractivity contribution < 1.29 is 9.50 Å². The van der Waals surface area contributed by atoms with Gasteiger partial charge in [0.1, 0.15) is 6.10 Å². The molecule has 3 heterocycles. The number of rotatable bonds is 2. The Labute approximate surface area is 139 Å². The number of aromatic nitrogens is 2. The number of aliphatic hydroxyl groups is 1. The molecule has 0 spiro atoms. The smallest absolute Gasteiger partial charge is 0.222 e. The number of alkyl halides is 1. The largest absolute Gasteiger partial charge is 0.385 e. The van der Waals surface area contributed by atoms with Crippen LogP contribution in [0.25, 0.3) is 10.2 Å².